The summed E-state index contributed by atoms with van der Waals surface area (Å²) >= 11 is 0. The number of para-hydroxylation sites is 2. The van der Waals surface area contributed by atoms with Crippen LogP contribution in [0.5, 0.6) is 0 Å². The molecular weight excluding hydrogens is 346 g/mol. The molecule has 0 saturated carbocycles. The first-order valence-corrected chi connectivity index (χ1v) is 10.1. The summed E-state index contributed by atoms with van der Waals surface area (Å²) in [5, 5.41) is 4.51. The summed E-state index contributed by atoms with van der Waals surface area (Å²) in [4.78, 5) is 0.296. The van der Waals surface area contributed by atoms with Crippen LogP contribution in [-0.2, 0) is 16.4 Å². The maximum Gasteiger partial charge on any atom is 0.268 e. The van der Waals surface area contributed by atoms with E-state index < -0.39 is 10.0 Å². The molecule has 0 bridgehead atoms. The summed E-state index contributed by atoms with van der Waals surface area (Å²) < 4.78 is 30.4. The second-order valence-electron chi connectivity index (χ2n) is 6.73. The largest absolute Gasteiger partial charge is 0.268 e. The zero-order valence-electron chi connectivity index (χ0n) is 15.0. The minimum absolute atomic E-state index is 0.115. The Kier molecular flexibility index (Phi) is 3.88. The van der Waals surface area contributed by atoms with Crippen LogP contribution < -0.4 is 4.31 Å². The van der Waals surface area contributed by atoms with Gasteiger partial charge in [-0.25, -0.2) is 13.1 Å². The molecule has 6 heteroatoms. The zero-order chi connectivity index (χ0) is 18.5. The molecule has 3 aromatic rings. The van der Waals surface area contributed by atoms with E-state index in [1.807, 2.05) is 68.4 Å². The fraction of sp³-hybridized carbons (Fsp3) is 0.250. The van der Waals surface area contributed by atoms with Crippen molar-refractivity contribution in [3.05, 3.63) is 71.5 Å². The lowest BCUT2D eigenvalue weighted by Gasteiger charge is -2.24. The number of rotatable bonds is 3. The molecule has 0 amide bonds. The van der Waals surface area contributed by atoms with Gasteiger partial charge in [0.2, 0.25) is 0 Å². The molecule has 26 heavy (non-hydrogen) atoms. The van der Waals surface area contributed by atoms with E-state index in [2.05, 4.69) is 5.10 Å². The van der Waals surface area contributed by atoms with Crippen LogP contribution in [0.2, 0.25) is 0 Å². The summed E-state index contributed by atoms with van der Waals surface area (Å²) in [6.07, 6.45) is 0.723. The highest BCUT2D eigenvalue weighted by molar-refractivity contribution is 7.93. The highest BCUT2D eigenvalue weighted by atomic mass is 32.2. The van der Waals surface area contributed by atoms with E-state index in [-0.39, 0.29) is 6.04 Å². The van der Waals surface area contributed by atoms with E-state index in [0.29, 0.717) is 16.3 Å². The minimum Gasteiger partial charge on any atom is -0.263 e. The Morgan fingerprint density at radius 3 is 2.38 bits per heavy atom. The third-order valence-corrected chi connectivity index (χ3v) is 7.07. The smallest absolute Gasteiger partial charge is 0.263 e. The van der Waals surface area contributed by atoms with Crippen LogP contribution in [0.15, 0.2) is 59.5 Å². The summed E-state index contributed by atoms with van der Waals surface area (Å²) in [5.74, 6) is 0. The first kappa shape index (κ1) is 16.8. The first-order chi connectivity index (χ1) is 12.4. The number of hydrogen-bond donors (Lipinski definition) is 0. The maximum absolute atomic E-state index is 13.6. The normalized spacial score (nSPS) is 16.7. The lowest BCUT2D eigenvalue weighted by molar-refractivity contribution is 0.583. The molecule has 1 unspecified atom stereocenters. The molecule has 1 aromatic heterocycles. The molecule has 0 aliphatic carbocycles. The van der Waals surface area contributed by atoms with E-state index in [0.717, 1.165) is 23.4 Å². The number of hydrogen-bond acceptors (Lipinski definition) is 3. The van der Waals surface area contributed by atoms with E-state index in [4.69, 9.17) is 0 Å². The second kappa shape index (κ2) is 5.99. The lowest BCUT2D eigenvalue weighted by atomic mass is 10.1. The number of sulfonamides is 1. The molecular formula is C20H21N3O2S. The van der Waals surface area contributed by atoms with Crippen molar-refractivity contribution >= 4 is 15.7 Å². The van der Waals surface area contributed by atoms with E-state index in [1.54, 1.807) is 15.9 Å². The maximum atomic E-state index is 13.6. The Morgan fingerprint density at radius 1 is 1.00 bits per heavy atom. The van der Waals surface area contributed by atoms with Crippen LogP contribution in [-0.4, -0.2) is 24.2 Å². The first-order valence-electron chi connectivity index (χ1n) is 8.65. The molecule has 134 valence electrons. The number of aryl methyl sites for hydroxylation is 1. The molecule has 5 nitrogen and oxygen atoms in total. The molecule has 0 saturated heterocycles. The van der Waals surface area contributed by atoms with Crippen LogP contribution in [0.4, 0.5) is 5.69 Å². The van der Waals surface area contributed by atoms with Crippen molar-refractivity contribution in [3.8, 4) is 5.69 Å². The van der Waals surface area contributed by atoms with Gasteiger partial charge in [-0.15, -0.1) is 0 Å². The topological polar surface area (TPSA) is 55.2 Å². The van der Waals surface area contributed by atoms with Gasteiger partial charge in [0, 0.05) is 6.04 Å². The van der Waals surface area contributed by atoms with Crippen LogP contribution in [0.25, 0.3) is 5.69 Å². The third-order valence-electron chi connectivity index (χ3n) is 4.89. The number of aromatic nitrogens is 2. The Hall–Kier alpha value is -2.60. The monoisotopic (exact) mass is 367 g/mol. The lowest BCUT2D eigenvalue weighted by Crippen LogP contribution is -2.36. The van der Waals surface area contributed by atoms with E-state index in [9.17, 15) is 8.42 Å². The van der Waals surface area contributed by atoms with Gasteiger partial charge >= 0.3 is 0 Å². The fourth-order valence-corrected chi connectivity index (χ4v) is 5.88. The molecule has 0 N–H and O–H groups in total. The predicted octanol–water partition coefficient (Wildman–Crippen LogP) is 3.63. The number of nitrogens with zero attached hydrogens (tertiary/aromatic N) is 3. The zero-order valence-corrected chi connectivity index (χ0v) is 15.9. The van der Waals surface area contributed by atoms with Gasteiger partial charge in [-0.05, 0) is 51.0 Å². The quantitative estimate of drug-likeness (QED) is 0.710. The Morgan fingerprint density at radius 2 is 1.65 bits per heavy atom. The van der Waals surface area contributed by atoms with E-state index >= 15 is 0 Å². The molecule has 2 heterocycles. The Bertz CT molecular complexity index is 1070. The summed E-state index contributed by atoms with van der Waals surface area (Å²) in [6, 6.07) is 17.2. The number of benzene rings is 2. The highest BCUT2D eigenvalue weighted by Gasteiger charge is 2.38. The van der Waals surface area contributed by atoms with Crippen molar-refractivity contribution in [1.29, 1.82) is 0 Å². The van der Waals surface area contributed by atoms with Gasteiger partial charge in [-0.3, -0.25) is 4.31 Å². The van der Waals surface area contributed by atoms with Crippen molar-refractivity contribution in [3.63, 3.8) is 0 Å². The van der Waals surface area contributed by atoms with Crippen molar-refractivity contribution in [2.75, 3.05) is 4.31 Å². The van der Waals surface area contributed by atoms with Gasteiger partial charge < -0.3 is 0 Å². The van der Waals surface area contributed by atoms with Crippen molar-refractivity contribution in [2.24, 2.45) is 0 Å². The molecule has 0 spiro atoms. The van der Waals surface area contributed by atoms with E-state index in [1.165, 1.54) is 0 Å². The molecule has 1 aliphatic heterocycles. The highest BCUT2D eigenvalue weighted by Crippen LogP contribution is 2.38. The standard InChI is InChI=1S/C20H21N3O2S/c1-14-13-17-9-7-8-12-19(17)23(14)26(24,25)20-15(2)21-22(16(20)3)18-10-5-4-6-11-18/h4-12,14H,13H2,1-3H3. The molecule has 1 aliphatic rings. The predicted molar refractivity (Wildman–Crippen MR) is 102 cm³/mol. The van der Waals surface area contributed by atoms with Crippen LogP contribution in [0, 0.1) is 13.8 Å². The Labute approximate surface area is 153 Å². The van der Waals surface area contributed by atoms with Crippen molar-refractivity contribution in [2.45, 2.75) is 38.1 Å². The van der Waals surface area contributed by atoms with Crippen LogP contribution in [0.3, 0.4) is 0 Å². The average molecular weight is 367 g/mol. The molecule has 0 radical (unpaired) electrons. The summed E-state index contributed by atoms with van der Waals surface area (Å²) in [5.41, 5.74) is 3.83. The number of fused-ring (bicyclic) bond motifs is 1. The Balaban J connectivity index is 1.87. The molecule has 4 rings (SSSR count). The van der Waals surface area contributed by atoms with Gasteiger partial charge in [0.25, 0.3) is 10.0 Å². The second-order valence-corrected chi connectivity index (χ2v) is 8.48. The minimum atomic E-state index is -3.70. The van der Waals surface area contributed by atoms with Gasteiger partial charge in [0.05, 0.1) is 22.8 Å². The molecule has 1 atom stereocenters. The van der Waals surface area contributed by atoms with Gasteiger partial charge in [-0.2, -0.15) is 5.10 Å². The third kappa shape index (κ3) is 2.44. The summed E-state index contributed by atoms with van der Waals surface area (Å²) in [6.45, 7) is 5.52. The fourth-order valence-electron chi connectivity index (χ4n) is 3.82. The van der Waals surface area contributed by atoms with Crippen LogP contribution in [0.1, 0.15) is 23.9 Å². The number of anilines is 1. The molecule has 2 aromatic carbocycles. The van der Waals surface area contributed by atoms with Gasteiger partial charge in [0.1, 0.15) is 4.90 Å². The average Bonchev–Trinajstić information content (AvgIpc) is 3.11. The SMILES string of the molecule is Cc1nn(-c2ccccc2)c(C)c1S(=O)(=O)N1c2ccccc2CC1C. The van der Waals surface area contributed by atoms with Gasteiger partial charge in [-0.1, -0.05) is 36.4 Å². The van der Waals surface area contributed by atoms with Gasteiger partial charge in [0.15, 0.2) is 0 Å². The van der Waals surface area contributed by atoms with Crippen molar-refractivity contribution < 1.29 is 8.42 Å². The van der Waals surface area contributed by atoms with Crippen LogP contribution >= 0.6 is 0 Å². The van der Waals surface area contributed by atoms with Crippen molar-refractivity contribution in [1.82, 2.24) is 9.78 Å². The summed E-state index contributed by atoms with van der Waals surface area (Å²) in [7, 11) is -3.70. The molecule has 0 fully saturated rings.